The van der Waals surface area contributed by atoms with Crippen molar-refractivity contribution in [3.05, 3.63) is 0 Å². The van der Waals surface area contributed by atoms with Crippen molar-refractivity contribution < 1.29 is 39.4 Å². The summed E-state index contributed by atoms with van der Waals surface area (Å²) in [6.07, 6.45) is -5.91. The van der Waals surface area contributed by atoms with Gasteiger partial charge in [-0.3, -0.25) is 0 Å². The van der Waals surface area contributed by atoms with Gasteiger partial charge in [-0.15, -0.1) is 0 Å². The van der Waals surface area contributed by atoms with Gasteiger partial charge in [-0.2, -0.15) is 0 Å². The topological polar surface area (TPSA) is 118 Å². The number of hydrogen-bond donors (Lipinski definition) is 4. The fourth-order valence-corrected chi connectivity index (χ4v) is 4.01. The Kier molecular flexibility index (Phi) is 3.35. The van der Waals surface area contributed by atoms with Crippen LogP contribution in [0, 0.1) is 17.8 Å². The Balaban J connectivity index is 1.52. The first-order valence-corrected chi connectivity index (χ1v) is 7.71. The second kappa shape index (κ2) is 4.84. The standard InChI is InChI=1S/C14H22O8/c1-4-5(2)20-12(10(17)8(4)15)21-11-7-9(16)6-3-19-13(11)22-14(6,7)18/h4-13,15-18H,3H2,1-2H3/t4-,5?,6?,7?,8?,9+,10?,11?,12+,13-,14?/m1/s1. The maximum Gasteiger partial charge on any atom is 0.187 e. The van der Waals surface area contributed by atoms with Crippen LogP contribution in [0.4, 0.5) is 0 Å². The molecule has 8 nitrogen and oxygen atoms in total. The third kappa shape index (κ3) is 1.81. The van der Waals surface area contributed by atoms with E-state index in [1.54, 1.807) is 13.8 Å². The molecule has 126 valence electrons. The average Bonchev–Trinajstić information content (AvgIpc) is 2.57. The van der Waals surface area contributed by atoms with E-state index in [-0.39, 0.29) is 18.6 Å². The molecule has 22 heavy (non-hydrogen) atoms. The molecule has 0 aromatic carbocycles. The van der Waals surface area contributed by atoms with Crippen LogP contribution in [0.3, 0.4) is 0 Å². The Morgan fingerprint density at radius 1 is 1.09 bits per heavy atom. The summed E-state index contributed by atoms with van der Waals surface area (Å²) in [4.78, 5) is 0. The molecule has 4 rings (SSSR count). The number of aliphatic hydroxyl groups excluding tert-OH is 3. The molecular formula is C14H22O8. The molecule has 0 aromatic rings. The third-order valence-electron chi connectivity index (χ3n) is 5.70. The first kappa shape index (κ1) is 15.2. The van der Waals surface area contributed by atoms with Crippen LogP contribution in [-0.4, -0.2) is 75.9 Å². The lowest BCUT2D eigenvalue weighted by molar-refractivity contribution is -0.389. The minimum atomic E-state index is -1.44. The molecule has 8 heteroatoms. The molecular weight excluding hydrogens is 296 g/mol. The van der Waals surface area contributed by atoms with E-state index in [0.29, 0.717) is 0 Å². The second-order valence-corrected chi connectivity index (χ2v) is 6.84. The molecule has 4 aliphatic rings. The molecule has 3 aliphatic heterocycles. The zero-order chi connectivity index (χ0) is 15.8. The van der Waals surface area contributed by atoms with E-state index in [2.05, 4.69) is 0 Å². The van der Waals surface area contributed by atoms with E-state index in [9.17, 15) is 20.4 Å². The monoisotopic (exact) mass is 318 g/mol. The maximum atomic E-state index is 10.4. The lowest BCUT2D eigenvalue weighted by Gasteiger charge is -2.52. The van der Waals surface area contributed by atoms with Gasteiger partial charge in [-0.05, 0) is 6.92 Å². The number of ether oxygens (including phenoxy) is 4. The highest BCUT2D eigenvalue weighted by atomic mass is 16.8. The van der Waals surface area contributed by atoms with Crippen molar-refractivity contribution in [1.29, 1.82) is 0 Å². The van der Waals surface area contributed by atoms with Crippen molar-refractivity contribution in [2.45, 2.75) is 62.7 Å². The zero-order valence-corrected chi connectivity index (χ0v) is 12.4. The van der Waals surface area contributed by atoms with Crippen LogP contribution in [0.25, 0.3) is 0 Å². The number of rotatable bonds is 2. The van der Waals surface area contributed by atoms with Gasteiger partial charge < -0.3 is 39.4 Å². The van der Waals surface area contributed by atoms with Gasteiger partial charge in [0.15, 0.2) is 18.4 Å². The van der Waals surface area contributed by atoms with Crippen molar-refractivity contribution in [1.82, 2.24) is 0 Å². The predicted molar refractivity (Wildman–Crippen MR) is 69.1 cm³/mol. The Bertz CT molecular complexity index is 460. The fraction of sp³-hybridized carbons (Fsp3) is 1.00. The molecule has 7 unspecified atom stereocenters. The molecule has 4 N–H and O–H groups in total. The summed E-state index contributed by atoms with van der Waals surface area (Å²) >= 11 is 0. The van der Waals surface area contributed by atoms with Gasteiger partial charge in [-0.1, -0.05) is 6.92 Å². The summed E-state index contributed by atoms with van der Waals surface area (Å²) in [6.45, 7) is 3.77. The number of fused-ring (bicyclic) bond motifs is 1. The Labute approximate surface area is 127 Å². The van der Waals surface area contributed by atoms with Crippen molar-refractivity contribution in [3.63, 3.8) is 0 Å². The fourth-order valence-electron chi connectivity index (χ4n) is 4.01. The molecule has 4 fully saturated rings. The molecule has 1 aliphatic carbocycles. The maximum absolute atomic E-state index is 10.4. The predicted octanol–water partition coefficient (Wildman–Crippen LogP) is -1.84. The molecule has 11 atom stereocenters. The summed E-state index contributed by atoms with van der Waals surface area (Å²) in [5.74, 6) is -2.80. The highest BCUT2D eigenvalue weighted by molar-refractivity contribution is 5.14. The molecule has 3 heterocycles. The molecule has 1 saturated carbocycles. The normalized spacial score (nSPS) is 63.5. The van der Waals surface area contributed by atoms with E-state index in [1.165, 1.54) is 0 Å². The first-order chi connectivity index (χ1) is 10.3. The number of aliphatic hydroxyl groups is 4. The van der Waals surface area contributed by atoms with E-state index in [4.69, 9.17) is 18.9 Å². The van der Waals surface area contributed by atoms with Gasteiger partial charge in [-0.25, -0.2) is 0 Å². The highest BCUT2D eigenvalue weighted by Gasteiger charge is 2.75. The van der Waals surface area contributed by atoms with Crippen LogP contribution in [0.15, 0.2) is 0 Å². The van der Waals surface area contributed by atoms with Crippen molar-refractivity contribution in [2.75, 3.05) is 6.61 Å². The highest BCUT2D eigenvalue weighted by Crippen LogP contribution is 2.57. The van der Waals surface area contributed by atoms with Crippen LogP contribution < -0.4 is 0 Å². The number of hydrogen-bond acceptors (Lipinski definition) is 8. The smallest absolute Gasteiger partial charge is 0.187 e. The van der Waals surface area contributed by atoms with Gasteiger partial charge in [0, 0.05) is 5.92 Å². The van der Waals surface area contributed by atoms with Crippen molar-refractivity contribution in [3.8, 4) is 0 Å². The molecule has 0 aromatic heterocycles. The minimum Gasteiger partial charge on any atom is -0.392 e. The SMILES string of the molecule is CC1O[C@@H](OC2C3[C@@H](O)C4CO[C@@H]2OC43O)C(O)C(O)[C@@H]1C. The quantitative estimate of drug-likeness (QED) is 0.469. The summed E-state index contributed by atoms with van der Waals surface area (Å²) in [7, 11) is 0. The lowest BCUT2D eigenvalue weighted by atomic mass is 9.65. The summed E-state index contributed by atoms with van der Waals surface area (Å²) in [5.41, 5.74) is 0. The van der Waals surface area contributed by atoms with Gasteiger partial charge in [0.2, 0.25) is 0 Å². The van der Waals surface area contributed by atoms with Crippen LogP contribution >= 0.6 is 0 Å². The zero-order valence-electron chi connectivity index (χ0n) is 12.4. The molecule has 2 bridgehead atoms. The largest absolute Gasteiger partial charge is 0.392 e. The Hall–Kier alpha value is -0.320. The Morgan fingerprint density at radius 2 is 1.82 bits per heavy atom. The van der Waals surface area contributed by atoms with Gasteiger partial charge in [0.25, 0.3) is 0 Å². The van der Waals surface area contributed by atoms with E-state index in [1.807, 2.05) is 0 Å². The van der Waals surface area contributed by atoms with E-state index in [0.717, 1.165) is 0 Å². The van der Waals surface area contributed by atoms with E-state index < -0.39 is 54.6 Å². The molecule has 0 spiro atoms. The van der Waals surface area contributed by atoms with Gasteiger partial charge in [0.05, 0.1) is 36.8 Å². The lowest BCUT2D eigenvalue weighted by Crippen LogP contribution is -2.68. The first-order valence-electron chi connectivity index (χ1n) is 7.71. The van der Waals surface area contributed by atoms with Crippen LogP contribution in [0.2, 0.25) is 0 Å². The van der Waals surface area contributed by atoms with Gasteiger partial charge in [0.1, 0.15) is 12.2 Å². The van der Waals surface area contributed by atoms with Crippen LogP contribution in [-0.2, 0) is 18.9 Å². The van der Waals surface area contributed by atoms with Crippen LogP contribution in [0.5, 0.6) is 0 Å². The summed E-state index contributed by atoms with van der Waals surface area (Å²) in [6, 6.07) is 0. The summed E-state index contributed by atoms with van der Waals surface area (Å²) < 4.78 is 22.3. The summed E-state index contributed by atoms with van der Waals surface area (Å²) in [5, 5.41) is 40.8. The van der Waals surface area contributed by atoms with Crippen molar-refractivity contribution >= 4 is 0 Å². The second-order valence-electron chi connectivity index (χ2n) is 6.84. The minimum absolute atomic E-state index is 0.197. The van der Waals surface area contributed by atoms with Gasteiger partial charge >= 0.3 is 0 Å². The third-order valence-corrected chi connectivity index (χ3v) is 5.70. The molecule has 0 radical (unpaired) electrons. The van der Waals surface area contributed by atoms with Crippen LogP contribution in [0.1, 0.15) is 13.8 Å². The average molecular weight is 318 g/mol. The van der Waals surface area contributed by atoms with E-state index >= 15 is 0 Å². The molecule has 0 amide bonds. The molecule has 3 saturated heterocycles. The van der Waals surface area contributed by atoms with Crippen molar-refractivity contribution in [2.24, 2.45) is 17.8 Å². The Morgan fingerprint density at radius 3 is 2.55 bits per heavy atom.